The van der Waals surface area contributed by atoms with Crippen LogP contribution < -0.4 is 4.74 Å². The number of nitriles is 1. The second-order valence-corrected chi connectivity index (χ2v) is 4.94. The van der Waals surface area contributed by atoms with E-state index in [9.17, 15) is 9.65 Å². The Bertz CT molecular complexity index is 643. The van der Waals surface area contributed by atoms with Crippen molar-refractivity contribution in [2.45, 2.75) is 25.7 Å². The highest BCUT2D eigenvalue weighted by molar-refractivity contribution is 5.40. The van der Waals surface area contributed by atoms with E-state index in [0.29, 0.717) is 6.42 Å². The van der Waals surface area contributed by atoms with Crippen LogP contribution in [0.3, 0.4) is 0 Å². The van der Waals surface area contributed by atoms with E-state index < -0.39 is 0 Å². The molecule has 0 saturated heterocycles. The lowest BCUT2D eigenvalue weighted by Gasteiger charge is -2.14. The summed E-state index contributed by atoms with van der Waals surface area (Å²) in [5, 5.41) is 9.42. The molecule has 2 aromatic carbocycles. The van der Waals surface area contributed by atoms with Gasteiger partial charge in [-0.15, -0.1) is 0 Å². The van der Waals surface area contributed by atoms with E-state index in [1.807, 2.05) is 12.1 Å². The summed E-state index contributed by atoms with van der Waals surface area (Å²) in [6.45, 7) is 2.09. The van der Waals surface area contributed by atoms with Crippen LogP contribution in [0, 0.1) is 17.1 Å². The maximum absolute atomic E-state index is 13.0. The van der Waals surface area contributed by atoms with Crippen molar-refractivity contribution in [3.05, 3.63) is 65.0 Å². The lowest BCUT2D eigenvalue weighted by Crippen LogP contribution is -2.03. The standard InChI is InChI=1S/C18H18FNO/c1-3-13-4-9-18(21-2)15(10-13)11-16(12-20)14-5-7-17(19)8-6-14/h4-10,16H,3,11H2,1-2H3. The molecule has 0 radical (unpaired) electrons. The number of hydrogen-bond acceptors (Lipinski definition) is 2. The Morgan fingerprint density at radius 1 is 1.19 bits per heavy atom. The zero-order chi connectivity index (χ0) is 15.2. The minimum absolute atomic E-state index is 0.291. The van der Waals surface area contributed by atoms with Gasteiger partial charge in [0.1, 0.15) is 11.6 Å². The van der Waals surface area contributed by atoms with Crippen molar-refractivity contribution in [2.75, 3.05) is 7.11 Å². The van der Waals surface area contributed by atoms with E-state index in [1.54, 1.807) is 19.2 Å². The zero-order valence-electron chi connectivity index (χ0n) is 12.3. The summed E-state index contributed by atoms with van der Waals surface area (Å²) < 4.78 is 18.4. The first-order chi connectivity index (χ1) is 10.2. The van der Waals surface area contributed by atoms with E-state index in [2.05, 4.69) is 19.1 Å². The van der Waals surface area contributed by atoms with Gasteiger partial charge in [-0.2, -0.15) is 5.26 Å². The van der Waals surface area contributed by atoms with Gasteiger partial charge >= 0.3 is 0 Å². The molecule has 3 heteroatoms. The summed E-state index contributed by atoms with van der Waals surface area (Å²) in [5.41, 5.74) is 3.04. The third kappa shape index (κ3) is 3.61. The molecule has 0 saturated carbocycles. The summed E-state index contributed by atoms with van der Waals surface area (Å²) >= 11 is 0. The highest BCUT2D eigenvalue weighted by Gasteiger charge is 2.15. The van der Waals surface area contributed by atoms with Gasteiger partial charge < -0.3 is 4.74 Å². The molecule has 0 aliphatic carbocycles. The summed E-state index contributed by atoms with van der Waals surface area (Å²) in [5.74, 6) is 0.183. The van der Waals surface area contributed by atoms with Gasteiger partial charge in [-0.3, -0.25) is 0 Å². The molecule has 108 valence electrons. The van der Waals surface area contributed by atoms with Gasteiger partial charge in [0, 0.05) is 0 Å². The van der Waals surface area contributed by atoms with Crippen molar-refractivity contribution in [3.8, 4) is 11.8 Å². The lowest BCUT2D eigenvalue weighted by molar-refractivity contribution is 0.409. The van der Waals surface area contributed by atoms with Crippen molar-refractivity contribution in [3.63, 3.8) is 0 Å². The van der Waals surface area contributed by atoms with E-state index in [4.69, 9.17) is 4.74 Å². The first-order valence-corrected chi connectivity index (χ1v) is 6.98. The second-order valence-electron chi connectivity index (χ2n) is 4.94. The fourth-order valence-electron chi connectivity index (χ4n) is 2.36. The van der Waals surface area contributed by atoms with Gasteiger partial charge in [0.25, 0.3) is 0 Å². The van der Waals surface area contributed by atoms with Crippen LogP contribution in [0.1, 0.15) is 29.5 Å². The Morgan fingerprint density at radius 2 is 1.90 bits per heavy atom. The molecule has 1 unspecified atom stereocenters. The van der Waals surface area contributed by atoms with Gasteiger partial charge in [0.05, 0.1) is 19.1 Å². The van der Waals surface area contributed by atoms with Crippen molar-refractivity contribution in [2.24, 2.45) is 0 Å². The number of halogens is 1. The predicted octanol–water partition coefficient (Wildman–Crippen LogP) is 4.25. The Morgan fingerprint density at radius 3 is 2.48 bits per heavy atom. The van der Waals surface area contributed by atoms with Gasteiger partial charge in [0.15, 0.2) is 0 Å². The van der Waals surface area contributed by atoms with Crippen molar-refractivity contribution in [1.29, 1.82) is 5.26 Å². The molecule has 0 aliphatic heterocycles. The molecule has 1 atom stereocenters. The third-order valence-corrected chi connectivity index (χ3v) is 3.61. The van der Waals surface area contributed by atoms with E-state index in [0.717, 1.165) is 23.3 Å². The Balaban J connectivity index is 2.30. The number of ether oxygens (including phenoxy) is 1. The average Bonchev–Trinajstić information content (AvgIpc) is 2.53. The average molecular weight is 283 g/mol. The summed E-state index contributed by atoms with van der Waals surface area (Å²) in [6.07, 6.45) is 1.49. The number of rotatable bonds is 5. The number of methoxy groups -OCH3 is 1. The number of hydrogen-bond donors (Lipinski definition) is 0. The number of benzene rings is 2. The molecule has 0 bridgehead atoms. The Hall–Kier alpha value is -2.34. The van der Waals surface area contributed by atoms with Gasteiger partial charge in [-0.1, -0.05) is 31.2 Å². The molecular formula is C18H18FNO. The topological polar surface area (TPSA) is 33.0 Å². The molecule has 2 rings (SSSR count). The SMILES string of the molecule is CCc1ccc(OC)c(CC(C#N)c2ccc(F)cc2)c1. The molecule has 2 nitrogen and oxygen atoms in total. The summed E-state index contributed by atoms with van der Waals surface area (Å²) in [4.78, 5) is 0. The normalized spacial score (nSPS) is 11.7. The molecule has 0 N–H and O–H groups in total. The quantitative estimate of drug-likeness (QED) is 0.822. The first-order valence-electron chi connectivity index (χ1n) is 6.98. The van der Waals surface area contributed by atoms with Gasteiger partial charge in [-0.25, -0.2) is 4.39 Å². The van der Waals surface area contributed by atoms with Gasteiger partial charge in [-0.05, 0) is 47.7 Å². The maximum Gasteiger partial charge on any atom is 0.123 e. The summed E-state index contributed by atoms with van der Waals surface area (Å²) in [7, 11) is 1.63. The Labute approximate surface area is 124 Å². The largest absolute Gasteiger partial charge is 0.496 e. The molecule has 0 amide bonds. The van der Waals surface area contributed by atoms with Crippen molar-refractivity contribution < 1.29 is 9.13 Å². The van der Waals surface area contributed by atoms with Gasteiger partial charge in [0.2, 0.25) is 0 Å². The van der Waals surface area contributed by atoms with Crippen molar-refractivity contribution >= 4 is 0 Å². The molecule has 0 heterocycles. The van der Waals surface area contributed by atoms with Crippen LogP contribution in [0.5, 0.6) is 5.75 Å². The minimum Gasteiger partial charge on any atom is -0.496 e. The highest BCUT2D eigenvalue weighted by atomic mass is 19.1. The summed E-state index contributed by atoms with van der Waals surface area (Å²) in [6, 6.07) is 14.4. The zero-order valence-corrected chi connectivity index (χ0v) is 12.3. The molecule has 2 aromatic rings. The van der Waals surface area contributed by atoms with Crippen LogP contribution in [-0.2, 0) is 12.8 Å². The Kier molecular flexibility index (Phi) is 4.94. The van der Waals surface area contributed by atoms with E-state index in [-0.39, 0.29) is 11.7 Å². The number of nitrogens with zero attached hydrogens (tertiary/aromatic N) is 1. The van der Waals surface area contributed by atoms with E-state index >= 15 is 0 Å². The van der Waals surface area contributed by atoms with E-state index in [1.165, 1.54) is 17.7 Å². The predicted molar refractivity (Wildman–Crippen MR) is 80.8 cm³/mol. The van der Waals surface area contributed by atoms with Crippen LogP contribution in [0.2, 0.25) is 0 Å². The van der Waals surface area contributed by atoms with Crippen molar-refractivity contribution in [1.82, 2.24) is 0 Å². The van der Waals surface area contributed by atoms with Crippen LogP contribution in [0.25, 0.3) is 0 Å². The fraction of sp³-hybridized carbons (Fsp3) is 0.278. The molecule has 0 aliphatic rings. The molecule has 0 aromatic heterocycles. The second kappa shape index (κ2) is 6.90. The first kappa shape index (κ1) is 15.1. The monoisotopic (exact) mass is 283 g/mol. The third-order valence-electron chi connectivity index (χ3n) is 3.61. The fourth-order valence-corrected chi connectivity index (χ4v) is 2.36. The molecule has 0 spiro atoms. The molecule has 0 fully saturated rings. The van der Waals surface area contributed by atoms with Crippen LogP contribution in [-0.4, -0.2) is 7.11 Å². The smallest absolute Gasteiger partial charge is 0.123 e. The number of aryl methyl sites for hydroxylation is 1. The van der Waals surface area contributed by atoms with Crippen LogP contribution >= 0.6 is 0 Å². The minimum atomic E-state index is -0.313. The van der Waals surface area contributed by atoms with Crippen LogP contribution in [0.15, 0.2) is 42.5 Å². The van der Waals surface area contributed by atoms with Crippen LogP contribution in [0.4, 0.5) is 4.39 Å². The highest BCUT2D eigenvalue weighted by Crippen LogP contribution is 2.27. The maximum atomic E-state index is 13.0. The lowest BCUT2D eigenvalue weighted by atomic mass is 9.92. The molecular weight excluding hydrogens is 265 g/mol. The molecule has 21 heavy (non-hydrogen) atoms.